The second-order valence-electron chi connectivity index (χ2n) is 6.18. The lowest BCUT2D eigenvalue weighted by molar-refractivity contribution is 0.384. The van der Waals surface area contributed by atoms with Crippen LogP contribution >= 0.6 is 23.2 Å². The molecule has 27 heavy (non-hydrogen) atoms. The maximum absolute atomic E-state index is 12.9. The first-order valence-electron chi connectivity index (χ1n) is 8.38. The molecule has 0 spiro atoms. The van der Waals surface area contributed by atoms with Gasteiger partial charge >= 0.3 is 0 Å². The summed E-state index contributed by atoms with van der Waals surface area (Å²) in [7, 11) is -3.58. The van der Waals surface area contributed by atoms with Crippen LogP contribution in [0.3, 0.4) is 0 Å². The van der Waals surface area contributed by atoms with E-state index in [1.54, 1.807) is 18.2 Å². The van der Waals surface area contributed by atoms with E-state index in [0.29, 0.717) is 31.2 Å². The number of para-hydroxylation sites is 1. The summed E-state index contributed by atoms with van der Waals surface area (Å²) in [5.74, 6) is 0.727. The molecule has 6 nitrogen and oxygen atoms in total. The summed E-state index contributed by atoms with van der Waals surface area (Å²) < 4.78 is 27.2. The van der Waals surface area contributed by atoms with Crippen molar-refractivity contribution in [1.29, 1.82) is 0 Å². The van der Waals surface area contributed by atoms with Crippen LogP contribution in [0.15, 0.2) is 53.4 Å². The van der Waals surface area contributed by atoms with Crippen LogP contribution in [0.4, 0.5) is 5.82 Å². The first kappa shape index (κ1) is 18.4. The Balaban J connectivity index is 1.58. The van der Waals surface area contributed by atoms with Crippen molar-refractivity contribution in [2.75, 3.05) is 31.1 Å². The number of anilines is 1. The van der Waals surface area contributed by atoms with Gasteiger partial charge in [0.1, 0.15) is 5.82 Å². The van der Waals surface area contributed by atoms with Crippen molar-refractivity contribution in [3.05, 3.63) is 58.8 Å². The number of aromatic nitrogens is 2. The molecular weight excluding hydrogens is 407 g/mol. The molecule has 0 bridgehead atoms. The maximum atomic E-state index is 12.9. The summed E-state index contributed by atoms with van der Waals surface area (Å²) in [6, 6.07) is 14.0. The fourth-order valence-electron chi connectivity index (χ4n) is 3.19. The molecule has 1 aliphatic heterocycles. The Kier molecular flexibility index (Phi) is 4.94. The normalized spacial score (nSPS) is 16.0. The van der Waals surface area contributed by atoms with E-state index in [0.717, 1.165) is 16.7 Å². The molecule has 0 N–H and O–H groups in total. The number of benzene rings is 2. The largest absolute Gasteiger partial charge is 0.353 e. The van der Waals surface area contributed by atoms with E-state index >= 15 is 0 Å². The quantitative estimate of drug-likeness (QED) is 0.604. The van der Waals surface area contributed by atoms with Gasteiger partial charge in [-0.15, -0.1) is 0 Å². The van der Waals surface area contributed by atoms with E-state index in [4.69, 9.17) is 23.2 Å². The van der Waals surface area contributed by atoms with E-state index in [1.807, 2.05) is 29.2 Å². The van der Waals surface area contributed by atoms with E-state index in [1.165, 1.54) is 10.4 Å². The molecule has 4 rings (SSSR count). The van der Waals surface area contributed by atoms with Crippen molar-refractivity contribution in [3.8, 4) is 0 Å². The summed E-state index contributed by atoms with van der Waals surface area (Å²) in [5, 5.41) is 1.47. The lowest BCUT2D eigenvalue weighted by Gasteiger charge is -2.35. The van der Waals surface area contributed by atoms with Crippen LogP contribution in [0, 0.1) is 0 Å². The Hall–Kier alpha value is -1.93. The first-order chi connectivity index (χ1) is 12.9. The molecule has 2 heterocycles. The number of nitrogens with zero attached hydrogens (tertiary/aromatic N) is 4. The zero-order valence-electron chi connectivity index (χ0n) is 14.2. The molecule has 0 unspecified atom stereocenters. The molecule has 0 radical (unpaired) electrons. The minimum atomic E-state index is -3.58. The number of rotatable bonds is 3. The average molecular weight is 423 g/mol. The lowest BCUT2D eigenvalue weighted by Crippen LogP contribution is -2.49. The minimum absolute atomic E-state index is 0.178. The Morgan fingerprint density at radius 1 is 0.889 bits per heavy atom. The van der Waals surface area contributed by atoms with Gasteiger partial charge in [0.15, 0.2) is 0 Å². The van der Waals surface area contributed by atoms with E-state index in [2.05, 4.69) is 9.97 Å². The second kappa shape index (κ2) is 7.24. The van der Waals surface area contributed by atoms with Crippen LogP contribution in [-0.2, 0) is 10.0 Å². The molecule has 3 aromatic rings. The number of fused-ring (bicyclic) bond motifs is 1. The van der Waals surface area contributed by atoms with E-state index in [9.17, 15) is 8.42 Å². The van der Waals surface area contributed by atoms with E-state index < -0.39 is 10.0 Å². The number of hydrogen-bond acceptors (Lipinski definition) is 5. The van der Waals surface area contributed by atoms with Gasteiger partial charge in [-0.05, 0) is 41.9 Å². The Morgan fingerprint density at radius 3 is 2.37 bits per heavy atom. The van der Waals surface area contributed by atoms with Crippen LogP contribution < -0.4 is 4.90 Å². The molecule has 1 saturated heterocycles. The predicted molar refractivity (Wildman–Crippen MR) is 107 cm³/mol. The van der Waals surface area contributed by atoms with Gasteiger partial charge in [0.05, 0.1) is 10.4 Å². The molecule has 0 amide bonds. The fourth-order valence-corrected chi connectivity index (χ4v) is 5.08. The number of halogens is 2. The van der Waals surface area contributed by atoms with Gasteiger partial charge in [-0.25, -0.2) is 13.4 Å². The average Bonchev–Trinajstić information content (AvgIpc) is 2.67. The SMILES string of the molecule is O=S(=O)(c1cccc(Cl)c1)N1CCN(c2nc(Cl)nc3ccccc23)CC1. The highest BCUT2D eigenvalue weighted by Crippen LogP contribution is 2.27. The first-order valence-corrected chi connectivity index (χ1v) is 10.6. The van der Waals surface area contributed by atoms with Gasteiger partial charge < -0.3 is 4.90 Å². The lowest BCUT2D eigenvalue weighted by atomic mass is 10.2. The van der Waals surface area contributed by atoms with Crippen molar-refractivity contribution >= 4 is 49.9 Å². The molecule has 9 heteroatoms. The minimum Gasteiger partial charge on any atom is -0.353 e. The predicted octanol–water partition coefficient (Wildman–Crippen LogP) is 3.45. The van der Waals surface area contributed by atoms with Gasteiger partial charge in [-0.2, -0.15) is 9.29 Å². The summed E-state index contributed by atoms with van der Waals surface area (Å²) in [5.41, 5.74) is 0.765. The molecule has 0 atom stereocenters. The number of piperazine rings is 1. The van der Waals surface area contributed by atoms with Crippen LogP contribution in [0.1, 0.15) is 0 Å². The van der Waals surface area contributed by atoms with Crippen molar-refractivity contribution in [1.82, 2.24) is 14.3 Å². The van der Waals surface area contributed by atoms with Crippen molar-refractivity contribution in [2.24, 2.45) is 0 Å². The third-order valence-electron chi connectivity index (χ3n) is 4.53. The molecule has 1 fully saturated rings. The molecule has 1 aromatic heterocycles. The highest BCUT2D eigenvalue weighted by Gasteiger charge is 2.29. The van der Waals surface area contributed by atoms with Gasteiger partial charge in [-0.1, -0.05) is 29.8 Å². The Labute approximate surface area is 167 Å². The van der Waals surface area contributed by atoms with Crippen LogP contribution in [0.25, 0.3) is 10.9 Å². The van der Waals surface area contributed by atoms with Crippen LogP contribution in [0.5, 0.6) is 0 Å². The van der Waals surface area contributed by atoms with Crippen molar-refractivity contribution < 1.29 is 8.42 Å². The molecular formula is C18H16Cl2N4O2S. The Bertz CT molecular complexity index is 1100. The van der Waals surface area contributed by atoms with Crippen LogP contribution in [0.2, 0.25) is 10.3 Å². The van der Waals surface area contributed by atoms with Crippen molar-refractivity contribution in [3.63, 3.8) is 0 Å². The van der Waals surface area contributed by atoms with Crippen molar-refractivity contribution in [2.45, 2.75) is 4.90 Å². The smallest absolute Gasteiger partial charge is 0.243 e. The van der Waals surface area contributed by atoms with Crippen LogP contribution in [-0.4, -0.2) is 48.9 Å². The highest BCUT2D eigenvalue weighted by molar-refractivity contribution is 7.89. The second-order valence-corrected chi connectivity index (χ2v) is 8.89. The molecule has 140 valence electrons. The monoisotopic (exact) mass is 422 g/mol. The zero-order valence-corrected chi connectivity index (χ0v) is 16.5. The molecule has 0 aliphatic carbocycles. The standard InChI is InChI=1S/C18H16Cl2N4O2S/c19-13-4-3-5-14(12-13)27(25,26)24-10-8-23(9-11-24)17-15-6-1-2-7-16(15)21-18(20)22-17/h1-7,12H,8-11H2. The topological polar surface area (TPSA) is 66.4 Å². The summed E-state index contributed by atoms with van der Waals surface area (Å²) in [4.78, 5) is 10.9. The summed E-state index contributed by atoms with van der Waals surface area (Å²) in [6.07, 6.45) is 0. The molecule has 1 aliphatic rings. The molecule has 2 aromatic carbocycles. The van der Waals surface area contributed by atoms with Gasteiger partial charge in [-0.3, -0.25) is 0 Å². The van der Waals surface area contributed by atoms with E-state index in [-0.39, 0.29) is 10.2 Å². The Morgan fingerprint density at radius 2 is 1.63 bits per heavy atom. The van der Waals surface area contributed by atoms with Gasteiger partial charge in [0.25, 0.3) is 0 Å². The summed E-state index contributed by atoms with van der Waals surface area (Å²) in [6.45, 7) is 1.73. The highest BCUT2D eigenvalue weighted by atomic mass is 35.5. The fraction of sp³-hybridized carbons (Fsp3) is 0.222. The van der Waals surface area contributed by atoms with Gasteiger partial charge in [0.2, 0.25) is 15.3 Å². The maximum Gasteiger partial charge on any atom is 0.243 e. The third-order valence-corrected chi connectivity index (χ3v) is 6.83. The number of hydrogen-bond donors (Lipinski definition) is 0. The van der Waals surface area contributed by atoms with Gasteiger partial charge in [0, 0.05) is 36.6 Å². The summed E-state index contributed by atoms with van der Waals surface area (Å²) >= 11 is 12.0. The number of sulfonamides is 1. The third kappa shape index (κ3) is 3.60. The molecule has 0 saturated carbocycles. The zero-order chi connectivity index (χ0) is 19.0.